The molecule has 0 aliphatic carbocycles. The summed E-state index contributed by atoms with van der Waals surface area (Å²) in [7, 11) is 0. The van der Waals surface area contributed by atoms with Gasteiger partial charge in [0.1, 0.15) is 17.5 Å². The number of amides is 1. The summed E-state index contributed by atoms with van der Waals surface area (Å²) < 4.78 is 13.9. The Hall–Kier alpha value is -3.42. The van der Waals surface area contributed by atoms with E-state index in [0.717, 1.165) is 11.1 Å². The lowest BCUT2D eigenvalue weighted by Gasteiger charge is -2.08. The SMILES string of the molecule is Cc1ccc(NC(=O)/C(C#N)=C/c2ccc(Cc3ccccc3F)c(Cl)c2)cc1. The number of hydrogen-bond donors (Lipinski definition) is 1. The first-order valence-corrected chi connectivity index (χ1v) is 9.35. The largest absolute Gasteiger partial charge is 0.321 e. The van der Waals surface area contributed by atoms with Crippen LogP contribution in [0.5, 0.6) is 0 Å². The summed E-state index contributed by atoms with van der Waals surface area (Å²) in [4.78, 5) is 12.4. The fourth-order valence-corrected chi connectivity index (χ4v) is 3.05. The van der Waals surface area contributed by atoms with Crippen molar-refractivity contribution in [2.24, 2.45) is 0 Å². The van der Waals surface area contributed by atoms with Crippen molar-refractivity contribution in [2.45, 2.75) is 13.3 Å². The van der Waals surface area contributed by atoms with Crippen molar-refractivity contribution in [3.8, 4) is 6.07 Å². The number of aryl methyl sites for hydroxylation is 1. The van der Waals surface area contributed by atoms with E-state index in [1.54, 1.807) is 48.5 Å². The number of benzene rings is 3. The van der Waals surface area contributed by atoms with Crippen molar-refractivity contribution in [1.29, 1.82) is 5.26 Å². The van der Waals surface area contributed by atoms with E-state index in [4.69, 9.17) is 11.6 Å². The molecule has 3 nitrogen and oxygen atoms in total. The normalized spacial score (nSPS) is 11.0. The molecule has 0 aromatic heterocycles. The Balaban J connectivity index is 1.78. The van der Waals surface area contributed by atoms with Crippen molar-refractivity contribution in [3.63, 3.8) is 0 Å². The van der Waals surface area contributed by atoms with Gasteiger partial charge in [0, 0.05) is 17.1 Å². The van der Waals surface area contributed by atoms with Crippen LogP contribution in [0.4, 0.5) is 10.1 Å². The maximum atomic E-state index is 13.9. The standard InChI is InChI=1S/C24H18ClFN2O/c1-16-6-10-21(11-7-16)28-24(29)20(15-27)12-17-8-9-18(22(25)13-17)14-19-4-2-3-5-23(19)26/h2-13H,14H2,1H3,(H,28,29)/b20-12+. The molecule has 1 amide bonds. The van der Waals surface area contributed by atoms with E-state index >= 15 is 0 Å². The van der Waals surface area contributed by atoms with Gasteiger partial charge in [0.05, 0.1) is 0 Å². The van der Waals surface area contributed by atoms with Gasteiger partial charge in [-0.05, 0) is 54.0 Å². The second-order valence-corrected chi connectivity index (χ2v) is 7.02. The minimum Gasteiger partial charge on any atom is -0.321 e. The van der Waals surface area contributed by atoms with Crippen LogP contribution in [-0.4, -0.2) is 5.91 Å². The molecule has 1 N–H and O–H groups in total. The van der Waals surface area contributed by atoms with Crippen molar-refractivity contribution < 1.29 is 9.18 Å². The van der Waals surface area contributed by atoms with E-state index in [9.17, 15) is 14.4 Å². The summed E-state index contributed by atoms with van der Waals surface area (Å²) in [5.41, 5.74) is 3.57. The van der Waals surface area contributed by atoms with Gasteiger partial charge in [-0.1, -0.05) is 59.6 Å². The van der Waals surface area contributed by atoms with Crippen molar-refractivity contribution in [1.82, 2.24) is 0 Å². The van der Waals surface area contributed by atoms with E-state index in [2.05, 4.69) is 5.32 Å². The summed E-state index contributed by atoms with van der Waals surface area (Å²) in [5, 5.41) is 12.5. The molecule has 144 valence electrons. The van der Waals surface area contributed by atoms with E-state index < -0.39 is 5.91 Å². The summed E-state index contributed by atoms with van der Waals surface area (Å²) in [6.07, 6.45) is 1.83. The molecule has 3 aromatic rings. The topological polar surface area (TPSA) is 52.9 Å². The lowest BCUT2D eigenvalue weighted by Crippen LogP contribution is -2.13. The molecule has 0 heterocycles. The fraction of sp³-hybridized carbons (Fsp3) is 0.0833. The smallest absolute Gasteiger partial charge is 0.266 e. The fourth-order valence-electron chi connectivity index (χ4n) is 2.79. The molecular formula is C24H18ClFN2O. The van der Waals surface area contributed by atoms with Gasteiger partial charge in [-0.25, -0.2) is 4.39 Å². The van der Waals surface area contributed by atoms with Crippen LogP contribution in [0.1, 0.15) is 22.3 Å². The third kappa shape index (κ3) is 5.31. The van der Waals surface area contributed by atoms with E-state index in [0.29, 0.717) is 28.3 Å². The Morgan fingerprint density at radius 3 is 2.48 bits per heavy atom. The highest BCUT2D eigenvalue weighted by Crippen LogP contribution is 2.23. The quantitative estimate of drug-likeness (QED) is 0.423. The third-order valence-electron chi connectivity index (χ3n) is 4.40. The number of carbonyl (C=O) groups is 1. The molecule has 5 heteroatoms. The first-order chi connectivity index (χ1) is 14.0. The predicted molar refractivity (Wildman–Crippen MR) is 114 cm³/mol. The minimum absolute atomic E-state index is 0.0384. The number of rotatable bonds is 5. The lowest BCUT2D eigenvalue weighted by atomic mass is 10.0. The second kappa shape index (κ2) is 9.18. The van der Waals surface area contributed by atoms with Gasteiger partial charge >= 0.3 is 0 Å². The van der Waals surface area contributed by atoms with Crippen molar-refractivity contribution in [2.75, 3.05) is 5.32 Å². The van der Waals surface area contributed by atoms with E-state index in [1.807, 2.05) is 25.1 Å². The first-order valence-electron chi connectivity index (χ1n) is 8.98. The van der Waals surface area contributed by atoms with Gasteiger partial charge < -0.3 is 5.32 Å². The van der Waals surface area contributed by atoms with Crippen molar-refractivity contribution >= 4 is 29.3 Å². The van der Waals surface area contributed by atoms with Crippen LogP contribution < -0.4 is 5.32 Å². The predicted octanol–water partition coefficient (Wildman–Crippen LogP) is 5.92. The molecule has 0 atom stereocenters. The molecule has 0 fully saturated rings. The summed E-state index contributed by atoms with van der Waals surface area (Å²) in [6, 6.07) is 20.9. The Morgan fingerprint density at radius 2 is 1.83 bits per heavy atom. The number of nitriles is 1. The maximum absolute atomic E-state index is 13.9. The van der Waals surface area contributed by atoms with Crippen LogP contribution in [0.2, 0.25) is 5.02 Å². The average Bonchev–Trinajstić information content (AvgIpc) is 2.71. The van der Waals surface area contributed by atoms with Crippen LogP contribution in [0.25, 0.3) is 6.08 Å². The highest BCUT2D eigenvalue weighted by molar-refractivity contribution is 6.31. The third-order valence-corrected chi connectivity index (χ3v) is 4.75. The molecule has 0 aliphatic rings. The molecule has 0 aliphatic heterocycles. The number of carbonyl (C=O) groups excluding carboxylic acids is 1. The molecule has 0 saturated heterocycles. The van der Waals surface area contributed by atoms with Gasteiger partial charge in [0.2, 0.25) is 0 Å². The van der Waals surface area contributed by atoms with Crippen LogP contribution >= 0.6 is 11.6 Å². The van der Waals surface area contributed by atoms with E-state index in [-0.39, 0.29) is 11.4 Å². The van der Waals surface area contributed by atoms with Crippen LogP contribution in [-0.2, 0) is 11.2 Å². The number of nitrogens with zero attached hydrogens (tertiary/aromatic N) is 1. The molecule has 0 radical (unpaired) electrons. The molecule has 0 saturated carbocycles. The highest BCUT2D eigenvalue weighted by atomic mass is 35.5. The zero-order valence-electron chi connectivity index (χ0n) is 15.7. The number of halogens is 2. The molecule has 29 heavy (non-hydrogen) atoms. The number of hydrogen-bond acceptors (Lipinski definition) is 2. The minimum atomic E-state index is -0.497. The molecule has 0 unspecified atom stereocenters. The van der Waals surface area contributed by atoms with Crippen LogP contribution in [0, 0.1) is 24.1 Å². The second-order valence-electron chi connectivity index (χ2n) is 6.61. The summed E-state index contributed by atoms with van der Waals surface area (Å²) in [6.45, 7) is 1.95. The molecule has 0 spiro atoms. The monoisotopic (exact) mass is 404 g/mol. The zero-order chi connectivity index (χ0) is 20.8. The average molecular weight is 405 g/mol. The molecule has 0 bridgehead atoms. The Labute approximate surface area is 174 Å². The zero-order valence-corrected chi connectivity index (χ0v) is 16.5. The Kier molecular flexibility index (Phi) is 6.43. The van der Waals surface area contributed by atoms with Gasteiger partial charge in [-0.3, -0.25) is 4.79 Å². The van der Waals surface area contributed by atoms with Gasteiger partial charge in [-0.2, -0.15) is 5.26 Å². The van der Waals surface area contributed by atoms with Crippen molar-refractivity contribution in [3.05, 3.63) is 105 Å². The molecule has 3 rings (SSSR count). The summed E-state index contributed by atoms with van der Waals surface area (Å²) in [5.74, 6) is -0.782. The Bertz CT molecular complexity index is 1110. The van der Waals surface area contributed by atoms with Crippen LogP contribution in [0.15, 0.2) is 72.3 Å². The Morgan fingerprint density at radius 1 is 1.10 bits per heavy atom. The van der Waals surface area contributed by atoms with E-state index in [1.165, 1.54) is 12.1 Å². The highest BCUT2D eigenvalue weighted by Gasteiger charge is 2.11. The number of nitrogens with one attached hydrogen (secondary N) is 1. The number of anilines is 1. The maximum Gasteiger partial charge on any atom is 0.266 e. The van der Waals surface area contributed by atoms with Gasteiger partial charge in [-0.15, -0.1) is 0 Å². The lowest BCUT2D eigenvalue weighted by molar-refractivity contribution is -0.112. The van der Waals surface area contributed by atoms with Gasteiger partial charge in [0.15, 0.2) is 0 Å². The molecule has 3 aromatic carbocycles. The summed E-state index contributed by atoms with van der Waals surface area (Å²) >= 11 is 6.35. The first kappa shape index (κ1) is 20.3. The van der Waals surface area contributed by atoms with Gasteiger partial charge in [0.25, 0.3) is 5.91 Å². The van der Waals surface area contributed by atoms with Crippen LogP contribution in [0.3, 0.4) is 0 Å². The molecular weight excluding hydrogens is 387 g/mol.